The molecule has 0 radical (unpaired) electrons. The van der Waals surface area contributed by atoms with Gasteiger partial charge in [0.25, 0.3) is 0 Å². The quantitative estimate of drug-likeness (QED) is 0.218. The molecule has 0 spiro atoms. The number of alkyl halides is 3. The van der Waals surface area contributed by atoms with E-state index in [0.717, 1.165) is 17.0 Å². The molecule has 1 saturated heterocycles. The number of aryl methyl sites for hydroxylation is 1. The van der Waals surface area contributed by atoms with Gasteiger partial charge in [-0.25, -0.2) is 8.51 Å². The van der Waals surface area contributed by atoms with E-state index in [2.05, 4.69) is 4.98 Å². The Hall–Kier alpha value is -3.54. The fourth-order valence-electron chi connectivity index (χ4n) is 5.29. The first kappa shape index (κ1) is 29.9. The number of hydrogen-bond acceptors (Lipinski definition) is 6. The molecule has 2 aromatic heterocycles. The second kappa shape index (κ2) is 12.4. The minimum Gasteiger partial charge on any atom is -0.507 e. The highest BCUT2D eigenvalue weighted by atomic mass is 32.2. The van der Waals surface area contributed by atoms with Crippen LogP contribution < -0.4 is 0 Å². The molecular weight excluding hydrogens is 567 g/mol. The van der Waals surface area contributed by atoms with Gasteiger partial charge < -0.3 is 14.4 Å². The van der Waals surface area contributed by atoms with Crippen LogP contribution in [0.1, 0.15) is 36.8 Å². The van der Waals surface area contributed by atoms with Crippen LogP contribution in [0.5, 0.6) is 5.75 Å². The lowest BCUT2D eigenvalue weighted by Crippen LogP contribution is -2.37. The number of carbonyl (C=O) groups is 1. The minimum absolute atomic E-state index is 0.0360. The summed E-state index contributed by atoms with van der Waals surface area (Å²) in [6.45, 7) is 0.490. The fraction of sp³-hybridized carbons (Fsp3) is 0.355. The van der Waals surface area contributed by atoms with Gasteiger partial charge in [-0.2, -0.15) is 13.2 Å². The highest BCUT2D eigenvalue weighted by Crippen LogP contribution is 2.36. The SMILES string of the molecule is CN(C)[C@@H]1CC(C(=O)CCCCc2ccnc(-c3ccc(C(F)(F)F)cc3O)c2)N(S(=O)c2cc3ccccc3o2)C1. The molecule has 5 rings (SSSR count). The summed E-state index contributed by atoms with van der Waals surface area (Å²) in [4.78, 5) is 19.6. The molecule has 3 atom stereocenters. The summed E-state index contributed by atoms with van der Waals surface area (Å²) < 4.78 is 60.0. The molecule has 42 heavy (non-hydrogen) atoms. The van der Waals surface area contributed by atoms with Gasteiger partial charge in [0.05, 0.1) is 17.3 Å². The lowest BCUT2D eigenvalue weighted by atomic mass is 10.00. The number of hydrogen-bond donors (Lipinski definition) is 1. The first-order chi connectivity index (χ1) is 20.0. The summed E-state index contributed by atoms with van der Waals surface area (Å²) in [5.74, 6) is -0.453. The first-order valence-electron chi connectivity index (χ1n) is 13.7. The lowest BCUT2D eigenvalue weighted by molar-refractivity contribution is -0.137. The van der Waals surface area contributed by atoms with Crippen LogP contribution in [0.15, 0.2) is 76.4 Å². The number of furan rings is 1. The number of pyridine rings is 1. The van der Waals surface area contributed by atoms with E-state index >= 15 is 0 Å². The molecule has 1 aliphatic rings. The number of unbranched alkanes of at least 4 members (excludes halogenated alkanes) is 1. The van der Waals surface area contributed by atoms with Crippen LogP contribution in [0.3, 0.4) is 0 Å². The van der Waals surface area contributed by atoms with E-state index in [0.29, 0.717) is 61.1 Å². The molecule has 7 nitrogen and oxygen atoms in total. The van der Waals surface area contributed by atoms with Crippen LogP contribution in [0.2, 0.25) is 0 Å². The standard InChI is InChI=1S/C31H32F3N3O4S/c1-36(2)23-18-26(37(19-23)42(40)30-16-21-8-4-6-10-29(21)41-30)27(38)9-5-3-7-20-13-14-35-25(15-20)24-12-11-22(17-28(24)39)31(32,33)34/h4,6,8,10-17,23,26,39H,3,5,7,9,18-19H2,1-2H3/t23-,26?,42?/m1/s1. The van der Waals surface area contributed by atoms with Crippen LogP contribution in [-0.4, -0.2) is 62.0 Å². The number of aromatic nitrogens is 1. The van der Waals surface area contributed by atoms with E-state index in [1.165, 1.54) is 6.07 Å². The smallest absolute Gasteiger partial charge is 0.416 e. The van der Waals surface area contributed by atoms with E-state index in [4.69, 9.17) is 4.42 Å². The van der Waals surface area contributed by atoms with Crippen molar-refractivity contribution >= 4 is 27.7 Å². The number of para-hydroxylation sites is 1. The number of ketones is 1. The molecule has 2 aromatic carbocycles. The van der Waals surface area contributed by atoms with Gasteiger partial charge >= 0.3 is 6.18 Å². The van der Waals surface area contributed by atoms with Crippen molar-refractivity contribution in [3.63, 3.8) is 0 Å². The van der Waals surface area contributed by atoms with Crippen molar-refractivity contribution in [2.75, 3.05) is 20.6 Å². The van der Waals surface area contributed by atoms with Crippen molar-refractivity contribution in [1.29, 1.82) is 0 Å². The number of halogens is 3. The Morgan fingerprint density at radius 2 is 1.90 bits per heavy atom. The third-order valence-corrected chi connectivity index (χ3v) is 9.06. The molecule has 1 N–H and O–H groups in total. The van der Waals surface area contributed by atoms with Crippen molar-refractivity contribution in [1.82, 2.24) is 14.2 Å². The summed E-state index contributed by atoms with van der Waals surface area (Å²) in [5.41, 5.74) is 1.21. The predicted octanol–water partition coefficient (Wildman–Crippen LogP) is 6.23. The number of aromatic hydroxyl groups is 1. The van der Waals surface area contributed by atoms with Gasteiger partial charge in [0.15, 0.2) is 16.8 Å². The molecule has 2 unspecified atom stereocenters. The van der Waals surface area contributed by atoms with Crippen LogP contribution in [-0.2, 0) is 28.4 Å². The van der Waals surface area contributed by atoms with E-state index < -0.39 is 34.5 Å². The van der Waals surface area contributed by atoms with Gasteiger partial charge in [0.2, 0.25) is 5.09 Å². The van der Waals surface area contributed by atoms with Gasteiger partial charge in [-0.1, -0.05) is 18.2 Å². The molecule has 0 amide bonds. The zero-order chi connectivity index (χ0) is 30.0. The van der Waals surface area contributed by atoms with Gasteiger partial charge in [-0.15, -0.1) is 0 Å². The number of rotatable bonds is 10. The van der Waals surface area contributed by atoms with Crippen molar-refractivity contribution < 1.29 is 31.7 Å². The van der Waals surface area contributed by atoms with Crippen molar-refractivity contribution in [2.24, 2.45) is 0 Å². The Morgan fingerprint density at radius 3 is 2.62 bits per heavy atom. The third kappa shape index (κ3) is 6.58. The highest BCUT2D eigenvalue weighted by Gasteiger charge is 2.41. The Labute approximate surface area is 244 Å². The maximum Gasteiger partial charge on any atom is 0.416 e. The van der Waals surface area contributed by atoms with Gasteiger partial charge in [0.1, 0.15) is 11.3 Å². The Kier molecular flexibility index (Phi) is 8.81. The molecule has 4 aromatic rings. The summed E-state index contributed by atoms with van der Waals surface area (Å²) in [6, 6.07) is 15.2. The Morgan fingerprint density at radius 1 is 1.12 bits per heavy atom. The number of fused-ring (bicyclic) bond motifs is 1. The van der Waals surface area contributed by atoms with Gasteiger partial charge in [-0.05, 0) is 81.7 Å². The third-order valence-electron chi connectivity index (χ3n) is 7.69. The van der Waals surface area contributed by atoms with Gasteiger partial charge in [0, 0.05) is 42.2 Å². The molecule has 0 saturated carbocycles. The highest BCUT2D eigenvalue weighted by molar-refractivity contribution is 7.82. The molecule has 11 heteroatoms. The maximum atomic E-state index is 13.5. The molecule has 1 aliphatic heterocycles. The Bertz CT molecular complexity index is 1570. The van der Waals surface area contributed by atoms with Crippen LogP contribution in [0.4, 0.5) is 13.2 Å². The topological polar surface area (TPSA) is 86.9 Å². The normalized spacial score (nSPS) is 18.6. The minimum atomic E-state index is -4.55. The lowest BCUT2D eigenvalue weighted by Gasteiger charge is -2.21. The average Bonchev–Trinajstić information content (AvgIpc) is 3.60. The van der Waals surface area contributed by atoms with Crippen molar-refractivity contribution in [2.45, 2.75) is 55.5 Å². The number of likely N-dealkylation sites (N-methyl/N-ethyl adjacent to an activating group) is 1. The van der Waals surface area contributed by atoms with Crippen molar-refractivity contribution in [3.8, 4) is 17.0 Å². The van der Waals surface area contributed by atoms with Crippen molar-refractivity contribution in [3.05, 3.63) is 78.0 Å². The fourth-order valence-corrected chi connectivity index (χ4v) is 6.65. The number of Topliss-reactive ketones (excluding diaryl/α,β-unsaturated/α-hetero) is 1. The number of benzene rings is 2. The summed E-state index contributed by atoms with van der Waals surface area (Å²) in [7, 11) is 2.29. The average molecular weight is 600 g/mol. The molecule has 222 valence electrons. The second-order valence-corrected chi connectivity index (χ2v) is 12.1. The zero-order valence-electron chi connectivity index (χ0n) is 23.3. The maximum absolute atomic E-state index is 13.5. The zero-order valence-corrected chi connectivity index (χ0v) is 24.1. The molecule has 1 fully saturated rings. The predicted molar refractivity (Wildman–Crippen MR) is 154 cm³/mol. The first-order valence-corrected chi connectivity index (χ1v) is 14.8. The van der Waals surface area contributed by atoms with Crippen LogP contribution in [0, 0.1) is 0 Å². The summed E-state index contributed by atoms with van der Waals surface area (Å²) >= 11 is 0. The monoisotopic (exact) mass is 599 g/mol. The van der Waals surface area contributed by atoms with E-state index in [9.17, 15) is 27.3 Å². The molecule has 0 aliphatic carbocycles. The number of nitrogens with zero attached hydrogens (tertiary/aromatic N) is 3. The second-order valence-electron chi connectivity index (χ2n) is 10.8. The summed E-state index contributed by atoms with van der Waals surface area (Å²) in [5, 5.41) is 11.4. The van der Waals surface area contributed by atoms with E-state index in [1.54, 1.807) is 22.6 Å². The molecular formula is C31H32F3N3O4S. The van der Waals surface area contributed by atoms with Crippen LogP contribution in [0.25, 0.3) is 22.2 Å². The van der Waals surface area contributed by atoms with E-state index in [-0.39, 0.29) is 17.4 Å². The number of phenols is 1. The molecule has 0 bridgehead atoms. The largest absolute Gasteiger partial charge is 0.507 e. The van der Waals surface area contributed by atoms with Crippen LogP contribution >= 0.6 is 0 Å². The number of phenolic OH excluding ortho intramolecular Hbond substituents is 1. The molecule has 3 heterocycles. The summed E-state index contributed by atoms with van der Waals surface area (Å²) in [6.07, 6.45) is -0.130. The van der Waals surface area contributed by atoms with Gasteiger partial charge in [-0.3, -0.25) is 9.78 Å². The number of carbonyl (C=O) groups excluding carboxylic acids is 1. The Balaban J connectivity index is 1.20. The van der Waals surface area contributed by atoms with E-state index in [1.807, 2.05) is 49.3 Å².